The van der Waals surface area contributed by atoms with E-state index < -0.39 is 8.32 Å². The molecule has 96 valence electrons. The monoisotopic (exact) mass is 251 g/mol. The Morgan fingerprint density at radius 3 is 2.24 bits per heavy atom. The summed E-state index contributed by atoms with van der Waals surface area (Å²) in [5.74, 6) is 0. The molecule has 1 unspecified atom stereocenters. The van der Waals surface area contributed by atoms with E-state index in [-0.39, 0.29) is 11.1 Å². The summed E-state index contributed by atoms with van der Waals surface area (Å²) in [4.78, 5) is 4.03. The Morgan fingerprint density at radius 1 is 1.24 bits per heavy atom. The number of pyridine rings is 1. The van der Waals surface area contributed by atoms with Gasteiger partial charge < -0.3 is 4.43 Å². The zero-order valence-corrected chi connectivity index (χ0v) is 12.9. The van der Waals surface area contributed by atoms with E-state index >= 15 is 0 Å². The third-order valence-corrected chi connectivity index (χ3v) is 8.18. The third-order valence-electron chi connectivity index (χ3n) is 3.57. The molecule has 0 N–H and O–H groups in total. The fourth-order valence-corrected chi connectivity index (χ4v) is 3.02. The molecule has 0 spiro atoms. The van der Waals surface area contributed by atoms with Gasteiger partial charge in [0.15, 0.2) is 8.32 Å². The fraction of sp³-hybridized carbons (Fsp3) is 0.643. The van der Waals surface area contributed by atoms with E-state index in [1.54, 1.807) is 0 Å². The molecule has 0 aliphatic carbocycles. The lowest BCUT2D eigenvalue weighted by molar-refractivity contribution is 0.199. The summed E-state index contributed by atoms with van der Waals surface area (Å²) in [7, 11) is -1.64. The summed E-state index contributed by atoms with van der Waals surface area (Å²) in [6.45, 7) is 13.6. The quantitative estimate of drug-likeness (QED) is 0.754. The number of nitrogens with zero attached hydrogens (tertiary/aromatic N) is 1. The molecule has 1 aromatic rings. The van der Waals surface area contributed by atoms with Crippen LogP contribution >= 0.6 is 0 Å². The summed E-state index contributed by atoms with van der Waals surface area (Å²) < 4.78 is 6.32. The Morgan fingerprint density at radius 2 is 1.76 bits per heavy atom. The Bertz CT molecular complexity index is 343. The van der Waals surface area contributed by atoms with Crippen molar-refractivity contribution in [3.63, 3.8) is 0 Å². The molecule has 1 aromatic heterocycles. The van der Waals surface area contributed by atoms with E-state index in [9.17, 15) is 0 Å². The molecule has 0 aliphatic heterocycles. The van der Waals surface area contributed by atoms with Gasteiger partial charge in [-0.05, 0) is 49.2 Å². The number of aromatic nitrogens is 1. The maximum absolute atomic E-state index is 6.32. The molecule has 1 heterocycles. The van der Waals surface area contributed by atoms with Crippen molar-refractivity contribution in [1.82, 2.24) is 4.98 Å². The van der Waals surface area contributed by atoms with Gasteiger partial charge in [-0.15, -0.1) is 0 Å². The SMILES string of the molecule is CC(Cc1ccncc1)O[Si](C)(C)C(C)(C)C. The van der Waals surface area contributed by atoms with Crippen LogP contribution in [0.1, 0.15) is 33.3 Å². The highest BCUT2D eigenvalue weighted by Gasteiger charge is 2.38. The minimum atomic E-state index is -1.64. The van der Waals surface area contributed by atoms with Crippen LogP contribution in [-0.4, -0.2) is 19.4 Å². The van der Waals surface area contributed by atoms with Gasteiger partial charge in [-0.2, -0.15) is 0 Å². The Hall–Kier alpha value is -0.673. The topological polar surface area (TPSA) is 22.1 Å². The van der Waals surface area contributed by atoms with Crippen LogP contribution in [0.5, 0.6) is 0 Å². The van der Waals surface area contributed by atoms with Gasteiger partial charge in [0, 0.05) is 18.5 Å². The minimum Gasteiger partial charge on any atom is -0.414 e. The van der Waals surface area contributed by atoms with Crippen molar-refractivity contribution in [2.45, 2.75) is 58.4 Å². The van der Waals surface area contributed by atoms with Crippen molar-refractivity contribution >= 4 is 8.32 Å². The molecule has 0 aromatic carbocycles. The van der Waals surface area contributed by atoms with Gasteiger partial charge in [-0.1, -0.05) is 20.8 Å². The van der Waals surface area contributed by atoms with Crippen molar-refractivity contribution in [3.8, 4) is 0 Å². The second-order valence-electron chi connectivity index (χ2n) is 6.25. The third kappa shape index (κ3) is 4.24. The van der Waals surface area contributed by atoms with Gasteiger partial charge in [0.25, 0.3) is 0 Å². The van der Waals surface area contributed by atoms with Crippen LogP contribution in [0.25, 0.3) is 0 Å². The molecule has 1 rings (SSSR count). The first-order valence-corrected chi connectivity index (χ1v) is 9.20. The summed E-state index contributed by atoms with van der Waals surface area (Å²) >= 11 is 0. The molecule has 0 bridgehead atoms. The lowest BCUT2D eigenvalue weighted by Crippen LogP contribution is -2.43. The average Bonchev–Trinajstić information content (AvgIpc) is 2.16. The molecule has 0 aliphatic rings. The number of hydrogen-bond donors (Lipinski definition) is 0. The standard InChI is InChI=1S/C14H25NOSi/c1-12(11-13-7-9-15-10-8-13)16-17(5,6)14(2,3)4/h7-10,12H,11H2,1-6H3. The Labute approximate surface area is 107 Å². The molecular formula is C14H25NOSi. The summed E-state index contributed by atoms with van der Waals surface area (Å²) in [5, 5.41) is 0.277. The molecule has 0 radical (unpaired) electrons. The predicted molar refractivity (Wildman–Crippen MR) is 75.7 cm³/mol. The smallest absolute Gasteiger partial charge is 0.192 e. The zero-order valence-electron chi connectivity index (χ0n) is 11.9. The molecule has 0 saturated heterocycles. The van der Waals surface area contributed by atoms with E-state index in [2.05, 4.69) is 57.9 Å². The van der Waals surface area contributed by atoms with Crippen LogP contribution in [0, 0.1) is 0 Å². The van der Waals surface area contributed by atoms with Gasteiger partial charge in [0.2, 0.25) is 0 Å². The summed E-state index contributed by atoms with van der Waals surface area (Å²) in [6, 6.07) is 4.12. The largest absolute Gasteiger partial charge is 0.414 e. The van der Waals surface area contributed by atoms with E-state index in [0.29, 0.717) is 0 Å². The lowest BCUT2D eigenvalue weighted by atomic mass is 10.1. The zero-order chi connectivity index (χ0) is 13.1. The van der Waals surface area contributed by atoms with Crippen LogP contribution in [-0.2, 0) is 10.8 Å². The maximum atomic E-state index is 6.32. The van der Waals surface area contributed by atoms with Gasteiger partial charge in [0.05, 0.1) is 0 Å². The Kier molecular flexibility index (Phi) is 4.50. The highest BCUT2D eigenvalue weighted by molar-refractivity contribution is 6.74. The van der Waals surface area contributed by atoms with Crippen LogP contribution in [0.3, 0.4) is 0 Å². The molecule has 0 amide bonds. The average molecular weight is 251 g/mol. The van der Waals surface area contributed by atoms with Crippen molar-refractivity contribution in [3.05, 3.63) is 30.1 Å². The van der Waals surface area contributed by atoms with Crippen molar-refractivity contribution in [1.29, 1.82) is 0 Å². The van der Waals surface area contributed by atoms with Crippen molar-refractivity contribution < 1.29 is 4.43 Å². The molecular weight excluding hydrogens is 226 g/mol. The first-order valence-electron chi connectivity index (χ1n) is 6.29. The van der Waals surface area contributed by atoms with Gasteiger partial charge in [0.1, 0.15) is 0 Å². The predicted octanol–water partition coefficient (Wildman–Crippen LogP) is 4.03. The van der Waals surface area contributed by atoms with E-state index in [1.807, 2.05) is 12.4 Å². The number of hydrogen-bond acceptors (Lipinski definition) is 2. The molecule has 17 heavy (non-hydrogen) atoms. The summed E-state index contributed by atoms with van der Waals surface area (Å²) in [6.07, 6.45) is 4.93. The first-order chi connectivity index (χ1) is 7.72. The summed E-state index contributed by atoms with van der Waals surface area (Å²) in [5.41, 5.74) is 1.30. The van der Waals surface area contributed by atoms with E-state index in [1.165, 1.54) is 5.56 Å². The van der Waals surface area contributed by atoms with Crippen molar-refractivity contribution in [2.75, 3.05) is 0 Å². The van der Waals surface area contributed by atoms with Gasteiger partial charge in [-0.25, -0.2) is 0 Å². The minimum absolute atomic E-state index is 0.276. The number of rotatable bonds is 4. The molecule has 2 nitrogen and oxygen atoms in total. The van der Waals surface area contributed by atoms with Crippen LogP contribution in [0.15, 0.2) is 24.5 Å². The van der Waals surface area contributed by atoms with Crippen LogP contribution < -0.4 is 0 Å². The maximum Gasteiger partial charge on any atom is 0.192 e. The molecule has 0 fully saturated rings. The molecule has 3 heteroatoms. The van der Waals surface area contributed by atoms with E-state index in [0.717, 1.165) is 6.42 Å². The normalized spacial score (nSPS) is 14.7. The van der Waals surface area contributed by atoms with Gasteiger partial charge >= 0.3 is 0 Å². The highest BCUT2D eigenvalue weighted by Crippen LogP contribution is 2.37. The van der Waals surface area contributed by atoms with E-state index in [4.69, 9.17) is 4.43 Å². The Balaban J connectivity index is 2.59. The van der Waals surface area contributed by atoms with Crippen LogP contribution in [0.4, 0.5) is 0 Å². The van der Waals surface area contributed by atoms with Gasteiger partial charge in [-0.3, -0.25) is 4.98 Å². The highest BCUT2D eigenvalue weighted by atomic mass is 28.4. The second kappa shape index (κ2) is 5.32. The fourth-order valence-electron chi connectivity index (χ4n) is 1.57. The molecule has 0 saturated carbocycles. The first kappa shape index (κ1) is 14.4. The molecule has 1 atom stereocenters. The lowest BCUT2D eigenvalue weighted by Gasteiger charge is -2.38. The second-order valence-corrected chi connectivity index (χ2v) is 11.0. The van der Waals surface area contributed by atoms with Crippen LogP contribution in [0.2, 0.25) is 18.1 Å². The van der Waals surface area contributed by atoms with Crippen molar-refractivity contribution in [2.24, 2.45) is 0 Å².